The molecule has 0 fully saturated rings. The van der Waals surface area contributed by atoms with E-state index >= 15 is 0 Å². The van der Waals surface area contributed by atoms with Gasteiger partial charge in [-0.1, -0.05) is 36.4 Å². The lowest BCUT2D eigenvalue weighted by Crippen LogP contribution is -2.43. The molecule has 0 spiro atoms. The van der Waals surface area contributed by atoms with Crippen molar-refractivity contribution in [2.75, 3.05) is 19.8 Å². The van der Waals surface area contributed by atoms with Crippen molar-refractivity contribution in [3.63, 3.8) is 0 Å². The number of carbonyl (C=O) groups excluding carboxylic acids is 2. The highest BCUT2D eigenvalue weighted by Crippen LogP contribution is 2.22. The highest BCUT2D eigenvalue weighted by atomic mass is 16.5. The van der Waals surface area contributed by atoms with Crippen LogP contribution in [0.4, 0.5) is 0 Å². The number of aryl methyl sites for hydroxylation is 2. The van der Waals surface area contributed by atoms with E-state index in [-0.39, 0.29) is 6.61 Å². The van der Waals surface area contributed by atoms with Crippen LogP contribution in [0.1, 0.15) is 21.5 Å². The maximum atomic E-state index is 12.2. The Morgan fingerprint density at radius 2 is 1.28 bits per heavy atom. The summed E-state index contributed by atoms with van der Waals surface area (Å²) < 4.78 is 16.7. The normalized spacial score (nSPS) is 10.2. The summed E-state index contributed by atoms with van der Waals surface area (Å²) in [5.41, 5.74) is 6.99. The molecule has 0 radical (unpaired) electrons. The van der Waals surface area contributed by atoms with Gasteiger partial charge in [0.05, 0.1) is 0 Å². The minimum absolute atomic E-state index is 0.205. The fraction of sp³-hybridized carbons (Fsp3) is 0.200. The first-order chi connectivity index (χ1) is 15.5. The molecule has 7 nitrogen and oxygen atoms in total. The molecule has 0 saturated heterocycles. The molecule has 0 saturated carbocycles. The Balaban J connectivity index is 1.38. The van der Waals surface area contributed by atoms with Gasteiger partial charge in [-0.15, -0.1) is 0 Å². The second-order valence-corrected chi connectivity index (χ2v) is 7.05. The molecule has 7 heteroatoms. The van der Waals surface area contributed by atoms with Gasteiger partial charge >= 0.3 is 0 Å². The van der Waals surface area contributed by atoms with Gasteiger partial charge in [0.1, 0.15) is 30.5 Å². The van der Waals surface area contributed by atoms with E-state index in [1.54, 1.807) is 24.3 Å². The third kappa shape index (κ3) is 6.77. The molecule has 166 valence electrons. The second-order valence-electron chi connectivity index (χ2n) is 7.05. The molecule has 0 atom stereocenters. The van der Waals surface area contributed by atoms with Crippen molar-refractivity contribution in [2.24, 2.45) is 0 Å². The number of hydrogen-bond donors (Lipinski definition) is 2. The van der Waals surface area contributed by atoms with E-state index in [2.05, 4.69) is 10.9 Å². The summed E-state index contributed by atoms with van der Waals surface area (Å²) in [7, 11) is 0. The fourth-order valence-corrected chi connectivity index (χ4v) is 2.94. The minimum atomic E-state index is -0.459. The number of nitrogens with one attached hydrogen (secondary N) is 2. The average Bonchev–Trinajstić information content (AvgIpc) is 2.81. The topological polar surface area (TPSA) is 85.9 Å². The number of rotatable bonds is 9. The molecule has 3 aromatic rings. The Kier molecular flexibility index (Phi) is 8.09. The quantitative estimate of drug-likeness (QED) is 0.397. The molecule has 3 rings (SSSR count). The van der Waals surface area contributed by atoms with Crippen LogP contribution in [0, 0.1) is 13.8 Å². The molecule has 0 bridgehead atoms. The Morgan fingerprint density at radius 3 is 1.91 bits per heavy atom. The molecule has 0 aliphatic heterocycles. The number of hydrogen-bond acceptors (Lipinski definition) is 5. The number of para-hydroxylation sites is 2. The van der Waals surface area contributed by atoms with Gasteiger partial charge in [-0.05, 0) is 61.4 Å². The molecule has 2 amide bonds. The fourth-order valence-electron chi connectivity index (χ4n) is 2.94. The van der Waals surface area contributed by atoms with Gasteiger partial charge in [0.2, 0.25) is 0 Å². The number of hydrazine groups is 1. The van der Waals surface area contributed by atoms with E-state index in [1.165, 1.54) is 0 Å². The van der Waals surface area contributed by atoms with Crippen molar-refractivity contribution in [3.8, 4) is 17.2 Å². The standard InChI is InChI=1S/C25H26N2O5/c1-18-7-6-8-19(2)24(18)32-17-23(28)26-27-25(29)20-11-13-22(14-12-20)31-16-15-30-21-9-4-3-5-10-21/h3-14H,15-17H2,1-2H3,(H,26,28)(H,27,29). The van der Waals surface area contributed by atoms with E-state index < -0.39 is 11.8 Å². The number of carbonyl (C=O) groups is 2. The van der Waals surface area contributed by atoms with E-state index in [1.807, 2.05) is 62.4 Å². The molecule has 0 unspecified atom stereocenters. The van der Waals surface area contributed by atoms with Crippen molar-refractivity contribution >= 4 is 11.8 Å². The average molecular weight is 434 g/mol. The molecule has 0 aliphatic rings. The molecule has 0 aromatic heterocycles. The van der Waals surface area contributed by atoms with Crippen LogP contribution in [0.25, 0.3) is 0 Å². The van der Waals surface area contributed by atoms with E-state index in [0.29, 0.717) is 30.3 Å². The number of benzene rings is 3. The van der Waals surface area contributed by atoms with Gasteiger partial charge in [-0.3, -0.25) is 20.4 Å². The zero-order chi connectivity index (χ0) is 22.8. The highest BCUT2D eigenvalue weighted by Gasteiger charge is 2.10. The third-order valence-electron chi connectivity index (χ3n) is 4.55. The number of ether oxygens (including phenoxy) is 3. The van der Waals surface area contributed by atoms with Gasteiger partial charge in [-0.2, -0.15) is 0 Å². The van der Waals surface area contributed by atoms with Gasteiger partial charge in [0, 0.05) is 5.56 Å². The lowest BCUT2D eigenvalue weighted by molar-refractivity contribution is -0.123. The third-order valence-corrected chi connectivity index (χ3v) is 4.55. The van der Waals surface area contributed by atoms with E-state index in [4.69, 9.17) is 14.2 Å². The lowest BCUT2D eigenvalue weighted by Gasteiger charge is -2.12. The Morgan fingerprint density at radius 1 is 0.688 bits per heavy atom. The molecule has 3 aromatic carbocycles. The second kappa shape index (κ2) is 11.4. The SMILES string of the molecule is Cc1cccc(C)c1OCC(=O)NNC(=O)c1ccc(OCCOc2ccccc2)cc1. The van der Waals surface area contributed by atoms with Crippen LogP contribution in [-0.2, 0) is 4.79 Å². The summed E-state index contributed by atoms with van der Waals surface area (Å²) in [5, 5.41) is 0. The van der Waals surface area contributed by atoms with Gasteiger partial charge in [-0.25, -0.2) is 0 Å². The smallest absolute Gasteiger partial charge is 0.276 e. The molecule has 0 heterocycles. The highest BCUT2D eigenvalue weighted by molar-refractivity contribution is 5.95. The van der Waals surface area contributed by atoms with Crippen molar-refractivity contribution < 1.29 is 23.8 Å². The van der Waals surface area contributed by atoms with E-state index in [9.17, 15) is 9.59 Å². The van der Waals surface area contributed by atoms with Crippen LogP contribution < -0.4 is 25.1 Å². The van der Waals surface area contributed by atoms with Gasteiger partial charge < -0.3 is 14.2 Å². The minimum Gasteiger partial charge on any atom is -0.490 e. The van der Waals surface area contributed by atoms with Gasteiger partial charge in [0.15, 0.2) is 6.61 Å². The van der Waals surface area contributed by atoms with E-state index in [0.717, 1.165) is 16.9 Å². The molecule has 0 aliphatic carbocycles. The monoisotopic (exact) mass is 434 g/mol. The largest absolute Gasteiger partial charge is 0.490 e. The summed E-state index contributed by atoms with van der Waals surface area (Å²) in [6, 6.07) is 21.8. The summed E-state index contributed by atoms with van der Waals surface area (Å²) >= 11 is 0. The van der Waals surface area contributed by atoms with Crippen LogP contribution in [0.5, 0.6) is 17.2 Å². The Bertz CT molecular complexity index is 1020. The van der Waals surface area contributed by atoms with Crippen LogP contribution in [-0.4, -0.2) is 31.6 Å². The van der Waals surface area contributed by atoms with Gasteiger partial charge in [0.25, 0.3) is 11.8 Å². The van der Waals surface area contributed by atoms with Crippen LogP contribution in [0.3, 0.4) is 0 Å². The lowest BCUT2D eigenvalue weighted by atomic mass is 10.1. The summed E-state index contributed by atoms with van der Waals surface area (Å²) in [4.78, 5) is 24.2. The van der Waals surface area contributed by atoms with Crippen molar-refractivity contribution in [1.82, 2.24) is 10.9 Å². The summed E-state index contributed by atoms with van der Waals surface area (Å²) in [5.74, 6) is 1.16. The van der Waals surface area contributed by atoms with Crippen LogP contribution in [0.15, 0.2) is 72.8 Å². The molecular weight excluding hydrogens is 408 g/mol. The Hall–Kier alpha value is -4.00. The van der Waals surface area contributed by atoms with Crippen molar-refractivity contribution in [2.45, 2.75) is 13.8 Å². The molecule has 2 N–H and O–H groups in total. The van der Waals surface area contributed by atoms with Crippen LogP contribution >= 0.6 is 0 Å². The maximum absolute atomic E-state index is 12.2. The zero-order valence-electron chi connectivity index (χ0n) is 18.1. The van der Waals surface area contributed by atoms with Crippen molar-refractivity contribution in [3.05, 3.63) is 89.5 Å². The molecule has 32 heavy (non-hydrogen) atoms. The predicted octanol–water partition coefficient (Wildman–Crippen LogP) is 3.60. The molecular formula is C25H26N2O5. The summed E-state index contributed by atoms with van der Waals surface area (Å²) in [6.07, 6.45) is 0. The first-order valence-electron chi connectivity index (χ1n) is 10.2. The summed E-state index contributed by atoms with van der Waals surface area (Å²) in [6.45, 7) is 4.39. The first kappa shape index (κ1) is 22.7. The first-order valence-corrected chi connectivity index (χ1v) is 10.2. The predicted molar refractivity (Wildman–Crippen MR) is 121 cm³/mol. The Labute approximate surface area is 187 Å². The maximum Gasteiger partial charge on any atom is 0.276 e. The zero-order valence-corrected chi connectivity index (χ0v) is 18.1. The number of amides is 2. The van der Waals surface area contributed by atoms with Crippen LogP contribution in [0.2, 0.25) is 0 Å². The van der Waals surface area contributed by atoms with Crippen molar-refractivity contribution in [1.29, 1.82) is 0 Å².